The van der Waals surface area contributed by atoms with Gasteiger partial charge in [0.1, 0.15) is 5.75 Å². The second kappa shape index (κ2) is 11.0. The summed E-state index contributed by atoms with van der Waals surface area (Å²) in [7, 11) is -2.60. The van der Waals surface area contributed by atoms with Crippen LogP contribution >= 0.6 is 46.4 Å². The highest BCUT2D eigenvalue weighted by Gasteiger charge is 2.28. The molecule has 33 heavy (non-hydrogen) atoms. The Kier molecular flexibility index (Phi) is 8.50. The third kappa shape index (κ3) is 6.53. The van der Waals surface area contributed by atoms with Gasteiger partial charge in [-0.15, -0.1) is 0 Å². The third-order valence-electron chi connectivity index (χ3n) is 4.57. The molecule has 0 aromatic heterocycles. The number of halogens is 4. The van der Waals surface area contributed by atoms with Gasteiger partial charge >= 0.3 is 0 Å². The molecule has 0 bridgehead atoms. The van der Waals surface area contributed by atoms with E-state index in [9.17, 15) is 13.2 Å². The smallest absolute Gasteiger partial charge is 0.243 e. The fourth-order valence-electron chi connectivity index (χ4n) is 2.93. The van der Waals surface area contributed by atoms with Crippen LogP contribution in [0.15, 0.2) is 65.6 Å². The molecule has 0 saturated heterocycles. The molecule has 0 aliphatic carbocycles. The maximum absolute atomic E-state index is 13.3. The Morgan fingerprint density at radius 3 is 2.18 bits per heavy atom. The van der Waals surface area contributed by atoms with E-state index >= 15 is 0 Å². The van der Waals surface area contributed by atoms with Crippen LogP contribution in [0, 0.1) is 0 Å². The number of ether oxygens (including phenoxy) is 1. The molecule has 0 unspecified atom stereocenters. The number of sulfonamides is 1. The van der Waals surface area contributed by atoms with Crippen LogP contribution in [0.4, 0.5) is 5.69 Å². The number of anilines is 1. The number of nitrogens with one attached hydrogen (secondary N) is 1. The molecule has 6 nitrogen and oxygen atoms in total. The second-order valence-corrected chi connectivity index (χ2v) is 10.5. The van der Waals surface area contributed by atoms with E-state index in [1.807, 2.05) is 0 Å². The second-order valence-electron chi connectivity index (χ2n) is 6.86. The van der Waals surface area contributed by atoms with Gasteiger partial charge < -0.3 is 10.1 Å². The van der Waals surface area contributed by atoms with Crippen molar-refractivity contribution < 1.29 is 17.9 Å². The lowest BCUT2D eigenvalue weighted by atomic mass is 10.2. The van der Waals surface area contributed by atoms with Gasteiger partial charge in [-0.3, -0.25) is 4.79 Å². The lowest BCUT2D eigenvalue weighted by Crippen LogP contribution is -2.37. The Bertz CT molecular complexity index is 1270. The van der Waals surface area contributed by atoms with E-state index in [1.165, 1.54) is 43.5 Å². The van der Waals surface area contributed by atoms with Crippen LogP contribution in [-0.4, -0.2) is 32.3 Å². The Labute approximate surface area is 212 Å². The Balaban J connectivity index is 1.89. The lowest BCUT2D eigenvalue weighted by Gasteiger charge is -2.22. The van der Waals surface area contributed by atoms with Crippen molar-refractivity contribution in [1.82, 2.24) is 4.31 Å². The topological polar surface area (TPSA) is 75.7 Å². The largest absolute Gasteiger partial charge is 0.495 e. The number of amides is 1. The number of hydrogen-bond donors (Lipinski definition) is 1. The molecule has 0 radical (unpaired) electrons. The van der Waals surface area contributed by atoms with Gasteiger partial charge in [-0.25, -0.2) is 8.42 Å². The zero-order chi connectivity index (χ0) is 24.2. The molecule has 1 amide bonds. The predicted molar refractivity (Wildman–Crippen MR) is 132 cm³/mol. The van der Waals surface area contributed by atoms with E-state index in [2.05, 4.69) is 5.32 Å². The molecule has 3 rings (SSSR count). The van der Waals surface area contributed by atoms with Gasteiger partial charge in [-0.2, -0.15) is 4.31 Å². The van der Waals surface area contributed by atoms with Crippen molar-refractivity contribution in [2.45, 2.75) is 11.4 Å². The molecule has 3 aromatic carbocycles. The minimum Gasteiger partial charge on any atom is -0.495 e. The summed E-state index contributed by atoms with van der Waals surface area (Å²) in [6.07, 6.45) is 0. The van der Waals surface area contributed by atoms with E-state index in [-0.39, 0.29) is 16.5 Å². The lowest BCUT2D eigenvalue weighted by molar-refractivity contribution is -0.116. The number of carbonyl (C=O) groups is 1. The SMILES string of the molecule is COc1ccc(NC(=O)CN(Cc2ccc(Cl)cc2Cl)S(=O)(=O)c2ccc(Cl)cc2)cc1Cl. The molecule has 0 fully saturated rings. The standard InChI is InChI=1S/C22H18Cl4N2O4S/c1-32-21-9-6-17(11-20(21)26)27-22(29)13-28(12-14-2-3-16(24)10-19(14)25)33(30,31)18-7-4-15(23)5-8-18/h2-11H,12-13H2,1H3,(H,27,29). The quantitative estimate of drug-likeness (QED) is 0.367. The first kappa shape index (κ1) is 25.6. The van der Waals surface area contributed by atoms with E-state index < -0.39 is 22.5 Å². The highest BCUT2D eigenvalue weighted by Crippen LogP contribution is 2.28. The average Bonchev–Trinajstić information content (AvgIpc) is 2.75. The average molecular weight is 548 g/mol. The van der Waals surface area contributed by atoms with Crippen LogP contribution in [0.5, 0.6) is 5.75 Å². The van der Waals surface area contributed by atoms with Crippen molar-refractivity contribution in [3.63, 3.8) is 0 Å². The number of nitrogens with zero attached hydrogens (tertiary/aromatic N) is 1. The Morgan fingerprint density at radius 2 is 1.58 bits per heavy atom. The van der Waals surface area contributed by atoms with Crippen LogP contribution in [0.1, 0.15) is 5.56 Å². The molecular weight excluding hydrogens is 530 g/mol. The van der Waals surface area contributed by atoms with Gasteiger partial charge in [-0.1, -0.05) is 52.5 Å². The molecule has 0 aliphatic rings. The van der Waals surface area contributed by atoms with Crippen molar-refractivity contribution in [3.8, 4) is 5.75 Å². The van der Waals surface area contributed by atoms with Crippen molar-refractivity contribution in [2.24, 2.45) is 0 Å². The molecular formula is C22H18Cl4N2O4S. The molecule has 11 heteroatoms. The molecule has 1 N–H and O–H groups in total. The highest BCUT2D eigenvalue weighted by molar-refractivity contribution is 7.89. The van der Waals surface area contributed by atoms with E-state index in [0.717, 1.165) is 4.31 Å². The number of methoxy groups -OCH3 is 1. The third-order valence-corrected chi connectivity index (χ3v) is 7.51. The maximum atomic E-state index is 13.3. The summed E-state index contributed by atoms with van der Waals surface area (Å²) < 4.78 is 32.8. The minimum absolute atomic E-state index is 0.0164. The van der Waals surface area contributed by atoms with Crippen LogP contribution in [0.2, 0.25) is 20.1 Å². The molecule has 0 spiro atoms. The van der Waals surface area contributed by atoms with Crippen LogP contribution in [0.25, 0.3) is 0 Å². The fourth-order valence-corrected chi connectivity index (χ4v) is 5.15. The van der Waals surface area contributed by atoms with E-state index in [4.69, 9.17) is 51.1 Å². The van der Waals surface area contributed by atoms with Gasteiger partial charge in [0.2, 0.25) is 15.9 Å². The zero-order valence-electron chi connectivity index (χ0n) is 17.2. The number of carbonyl (C=O) groups excluding carboxylic acids is 1. The first-order valence-electron chi connectivity index (χ1n) is 9.43. The number of hydrogen-bond acceptors (Lipinski definition) is 4. The summed E-state index contributed by atoms with van der Waals surface area (Å²) in [4.78, 5) is 12.8. The van der Waals surface area contributed by atoms with Gasteiger partial charge in [-0.05, 0) is 60.2 Å². The molecule has 3 aromatic rings. The van der Waals surface area contributed by atoms with Gasteiger partial charge in [0.25, 0.3) is 0 Å². The van der Waals surface area contributed by atoms with E-state index in [1.54, 1.807) is 24.3 Å². The summed E-state index contributed by atoms with van der Waals surface area (Å²) in [5, 5.41) is 4.02. The van der Waals surface area contributed by atoms with Crippen LogP contribution in [0.3, 0.4) is 0 Å². The minimum atomic E-state index is -4.07. The Hall–Kier alpha value is -2.00. The zero-order valence-corrected chi connectivity index (χ0v) is 21.0. The monoisotopic (exact) mass is 546 g/mol. The van der Waals surface area contributed by atoms with Crippen molar-refractivity contribution in [1.29, 1.82) is 0 Å². The van der Waals surface area contributed by atoms with Gasteiger partial charge in [0.05, 0.1) is 23.6 Å². The van der Waals surface area contributed by atoms with Crippen molar-refractivity contribution in [2.75, 3.05) is 19.0 Å². The summed E-state index contributed by atoms with van der Waals surface area (Å²) in [6.45, 7) is -0.634. The van der Waals surface area contributed by atoms with Gasteiger partial charge in [0.15, 0.2) is 0 Å². The van der Waals surface area contributed by atoms with E-state index in [0.29, 0.717) is 32.1 Å². The number of rotatable bonds is 8. The molecule has 0 saturated carbocycles. The first-order valence-corrected chi connectivity index (χ1v) is 12.4. The normalized spacial score (nSPS) is 11.5. The van der Waals surface area contributed by atoms with Crippen LogP contribution < -0.4 is 10.1 Å². The van der Waals surface area contributed by atoms with Crippen molar-refractivity contribution in [3.05, 3.63) is 86.3 Å². The van der Waals surface area contributed by atoms with Crippen molar-refractivity contribution >= 4 is 68.0 Å². The summed E-state index contributed by atoms with van der Waals surface area (Å²) in [5.41, 5.74) is 0.873. The summed E-state index contributed by atoms with van der Waals surface area (Å²) in [6, 6.07) is 15.1. The molecule has 0 heterocycles. The number of benzene rings is 3. The fraction of sp³-hybridized carbons (Fsp3) is 0.136. The summed E-state index contributed by atoms with van der Waals surface area (Å²) >= 11 is 24.2. The molecule has 0 aliphatic heterocycles. The summed E-state index contributed by atoms with van der Waals surface area (Å²) in [5.74, 6) is -0.127. The molecule has 174 valence electrons. The first-order chi connectivity index (χ1) is 15.6. The Morgan fingerprint density at radius 1 is 0.909 bits per heavy atom. The van der Waals surface area contributed by atoms with Gasteiger partial charge in [0, 0.05) is 27.3 Å². The van der Waals surface area contributed by atoms with Crippen LogP contribution in [-0.2, 0) is 21.4 Å². The predicted octanol–water partition coefficient (Wildman–Crippen LogP) is 6.14. The molecule has 0 atom stereocenters. The maximum Gasteiger partial charge on any atom is 0.243 e. The highest BCUT2D eigenvalue weighted by atomic mass is 35.5.